The minimum Gasteiger partial charge on any atom is -0.439 e. The van der Waals surface area contributed by atoms with Crippen LogP contribution in [0, 0.1) is 6.92 Å². The molecule has 0 bridgehead atoms. The van der Waals surface area contributed by atoms with Gasteiger partial charge < -0.3 is 10.1 Å². The topological polar surface area (TPSA) is 34.1 Å². The molecule has 0 radical (unpaired) electrons. The molecule has 0 atom stereocenters. The first kappa shape index (κ1) is 10.5. The van der Waals surface area contributed by atoms with Crippen LogP contribution in [0.2, 0.25) is 0 Å². The lowest BCUT2D eigenvalue weighted by atomic mass is 10.2. The van der Waals surface area contributed by atoms with Gasteiger partial charge in [-0.1, -0.05) is 24.3 Å². The van der Waals surface area contributed by atoms with Gasteiger partial charge in [-0.05, 0) is 24.6 Å². The predicted octanol–water partition coefficient (Wildman–Crippen LogP) is 3.22. The van der Waals surface area contributed by atoms with Gasteiger partial charge in [0.15, 0.2) is 0 Å². The van der Waals surface area contributed by atoms with Crippen LogP contribution in [0.15, 0.2) is 42.5 Å². The number of ether oxygens (including phenoxy) is 1. The van der Waals surface area contributed by atoms with E-state index in [0.29, 0.717) is 5.88 Å². The van der Waals surface area contributed by atoms with Crippen LogP contribution < -0.4 is 10.1 Å². The summed E-state index contributed by atoms with van der Waals surface area (Å²) in [5.41, 5.74) is 1.10. The van der Waals surface area contributed by atoms with E-state index < -0.39 is 0 Å². The van der Waals surface area contributed by atoms with Crippen molar-refractivity contribution in [3.8, 4) is 11.6 Å². The molecular weight excluding hydrogens is 200 g/mol. The molecule has 0 aliphatic rings. The highest BCUT2D eigenvalue weighted by atomic mass is 16.5. The van der Waals surface area contributed by atoms with Gasteiger partial charge in [-0.3, -0.25) is 0 Å². The van der Waals surface area contributed by atoms with Crippen LogP contribution in [-0.4, -0.2) is 12.0 Å². The summed E-state index contributed by atoms with van der Waals surface area (Å²) in [6.45, 7) is 2.01. The third kappa shape index (κ3) is 2.31. The zero-order valence-corrected chi connectivity index (χ0v) is 9.40. The van der Waals surface area contributed by atoms with Crippen molar-refractivity contribution >= 4 is 5.82 Å². The number of aromatic nitrogens is 1. The SMILES string of the molecule is CNc1cccc(Oc2ccccc2C)n1. The number of benzene rings is 1. The van der Waals surface area contributed by atoms with E-state index in [4.69, 9.17) is 4.74 Å². The average Bonchev–Trinajstić information content (AvgIpc) is 2.32. The lowest BCUT2D eigenvalue weighted by Gasteiger charge is -2.08. The summed E-state index contributed by atoms with van der Waals surface area (Å²) < 4.78 is 5.70. The number of pyridine rings is 1. The smallest absolute Gasteiger partial charge is 0.221 e. The van der Waals surface area contributed by atoms with E-state index in [-0.39, 0.29) is 0 Å². The number of nitrogens with zero attached hydrogens (tertiary/aromatic N) is 1. The molecule has 1 aromatic heterocycles. The molecule has 0 saturated carbocycles. The molecule has 0 aliphatic heterocycles. The monoisotopic (exact) mass is 214 g/mol. The summed E-state index contributed by atoms with van der Waals surface area (Å²) in [5, 5.41) is 2.98. The minimum atomic E-state index is 0.598. The second-order valence-electron chi connectivity index (χ2n) is 3.48. The third-order valence-electron chi connectivity index (χ3n) is 2.29. The van der Waals surface area contributed by atoms with E-state index in [2.05, 4.69) is 10.3 Å². The molecule has 3 heteroatoms. The quantitative estimate of drug-likeness (QED) is 0.851. The molecule has 2 aromatic rings. The van der Waals surface area contributed by atoms with Gasteiger partial charge in [0.1, 0.15) is 11.6 Å². The highest BCUT2D eigenvalue weighted by Gasteiger charge is 2.01. The van der Waals surface area contributed by atoms with Crippen LogP contribution in [0.3, 0.4) is 0 Å². The van der Waals surface area contributed by atoms with E-state index in [1.54, 1.807) is 0 Å². The van der Waals surface area contributed by atoms with Gasteiger partial charge >= 0.3 is 0 Å². The molecule has 0 unspecified atom stereocenters. The van der Waals surface area contributed by atoms with Crippen LogP contribution >= 0.6 is 0 Å². The van der Waals surface area contributed by atoms with E-state index in [1.165, 1.54) is 0 Å². The molecule has 1 aromatic carbocycles. The standard InChI is InChI=1S/C13H14N2O/c1-10-6-3-4-7-11(10)16-13-9-5-8-12(14-2)15-13/h3-9H,1-2H3,(H,14,15). The summed E-state index contributed by atoms with van der Waals surface area (Å²) in [7, 11) is 1.83. The molecule has 3 nitrogen and oxygen atoms in total. The van der Waals surface area contributed by atoms with Crippen molar-refractivity contribution in [1.82, 2.24) is 4.98 Å². The maximum Gasteiger partial charge on any atom is 0.221 e. The second kappa shape index (κ2) is 4.66. The molecule has 16 heavy (non-hydrogen) atoms. The second-order valence-corrected chi connectivity index (χ2v) is 3.48. The predicted molar refractivity (Wildman–Crippen MR) is 65.0 cm³/mol. The zero-order valence-electron chi connectivity index (χ0n) is 9.40. The average molecular weight is 214 g/mol. The molecule has 1 N–H and O–H groups in total. The lowest BCUT2D eigenvalue weighted by Crippen LogP contribution is -1.94. The summed E-state index contributed by atoms with van der Waals surface area (Å²) in [4.78, 5) is 4.29. The van der Waals surface area contributed by atoms with Crippen molar-refractivity contribution in [2.24, 2.45) is 0 Å². The Hall–Kier alpha value is -2.03. The molecule has 0 saturated heterocycles. The molecule has 0 aliphatic carbocycles. The number of hydrogen-bond donors (Lipinski definition) is 1. The van der Waals surface area contributed by atoms with E-state index in [9.17, 15) is 0 Å². The zero-order chi connectivity index (χ0) is 11.4. The molecule has 0 spiro atoms. The van der Waals surface area contributed by atoms with E-state index in [1.807, 2.05) is 56.4 Å². The van der Waals surface area contributed by atoms with Crippen molar-refractivity contribution in [3.63, 3.8) is 0 Å². The Balaban J connectivity index is 2.24. The first-order valence-electron chi connectivity index (χ1n) is 5.18. The van der Waals surface area contributed by atoms with Gasteiger partial charge in [0.25, 0.3) is 0 Å². The van der Waals surface area contributed by atoms with Crippen LogP contribution in [0.5, 0.6) is 11.6 Å². The molecule has 1 heterocycles. The lowest BCUT2D eigenvalue weighted by molar-refractivity contribution is 0.460. The fourth-order valence-corrected chi connectivity index (χ4v) is 1.39. The normalized spacial score (nSPS) is 9.88. The summed E-state index contributed by atoms with van der Waals surface area (Å²) >= 11 is 0. The number of aryl methyl sites for hydroxylation is 1. The van der Waals surface area contributed by atoms with E-state index >= 15 is 0 Å². The Morgan fingerprint density at radius 2 is 1.88 bits per heavy atom. The summed E-state index contributed by atoms with van der Waals surface area (Å²) in [6, 6.07) is 13.5. The summed E-state index contributed by atoms with van der Waals surface area (Å²) in [6.07, 6.45) is 0. The number of anilines is 1. The Kier molecular flexibility index (Phi) is 3.05. The molecule has 0 amide bonds. The number of para-hydroxylation sites is 1. The first-order valence-corrected chi connectivity index (χ1v) is 5.18. The fourth-order valence-electron chi connectivity index (χ4n) is 1.39. The van der Waals surface area contributed by atoms with Gasteiger partial charge in [0.05, 0.1) is 0 Å². The Morgan fingerprint density at radius 3 is 2.62 bits per heavy atom. The molecule has 82 valence electrons. The van der Waals surface area contributed by atoms with Gasteiger partial charge in [-0.25, -0.2) is 0 Å². The summed E-state index contributed by atoms with van der Waals surface area (Å²) in [5.74, 6) is 2.23. The molecular formula is C13H14N2O. The maximum atomic E-state index is 5.70. The largest absolute Gasteiger partial charge is 0.439 e. The first-order chi connectivity index (χ1) is 7.79. The Labute approximate surface area is 95.1 Å². The Bertz CT molecular complexity index is 483. The minimum absolute atomic E-state index is 0.598. The number of hydrogen-bond acceptors (Lipinski definition) is 3. The fraction of sp³-hybridized carbons (Fsp3) is 0.154. The van der Waals surface area contributed by atoms with Gasteiger partial charge in [-0.15, -0.1) is 0 Å². The van der Waals surface area contributed by atoms with Crippen LogP contribution in [0.25, 0.3) is 0 Å². The Morgan fingerprint density at radius 1 is 1.06 bits per heavy atom. The third-order valence-corrected chi connectivity index (χ3v) is 2.29. The van der Waals surface area contributed by atoms with Crippen LogP contribution in [0.1, 0.15) is 5.56 Å². The number of rotatable bonds is 3. The van der Waals surface area contributed by atoms with Crippen LogP contribution in [-0.2, 0) is 0 Å². The highest BCUT2D eigenvalue weighted by molar-refractivity contribution is 5.39. The molecule has 0 fully saturated rings. The van der Waals surface area contributed by atoms with Crippen molar-refractivity contribution in [2.75, 3.05) is 12.4 Å². The van der Waals surface area contributed by atoms with Crippen molar-refractivity contribution in [1.29, 1.82) is 0 Å². The van der Waals surface area contributed by atoms with Gasteiger partial charge in [0, 0.05) is 13.1 Å². The molecule has 2 rings (SSSR count). The van der Waals surface area contributed by atoms with Crippen molar-refractivity contribution in [3.05, 3.63) is 48.0 Å². The number of nitrogens with one attached hydrogen (secondary N) is 1. The van der Waals surface area contributed by atoms with Gasteiger partial charge in [0.2, 0.25) is 5.88 Å². The van der Waals surface area contributed by atoms with E-state index in [0.717, 1.165) is 17.1 Å². The van der Waals surface area contributed by atoms with Crippen molar-refractivity contribution < 1.29 is 4.74 Å². The van der Waals surface area contributed by atoms with Crippen molar-refractivity contribution in [2.45, 2.75) is 6.92 Å². The van der Waals surface area contributed by atoms with Gasteiger partial charge in [-0.2, -0.15) is 4.98 Å². The maximum absolute atomic E-state index is 5.70. The highest BCUT2D eigenvalue weighted by Crippen LogP contribution is 2.23. The van der Waals surface area contributed by atoms with Crippen LogP contribution in [0.4, 0.5) is 5.82 Å².